The van der Waals surface area contributed by atoms with Gasteiger partial charge in [0.25, 0.3) is 0 Å². The van der Waals surface area contributed by atoms with Gasteiger partial charge in [0, 0.05) is 0 Å². The molecule has 13 heavy (non-hydrogen) atoms. The third kappa shape index (κ3) is 3.03. The van der Waals surface area contributed by atoms with Gasteiger partial charge in [-0.3, -0.25) is 9.79 Å². The van der Waals surface area contributed by atoms with Crippen LogP contribution in [0.15, 0.2) is 4.99 Å². The summed E-state index contributed by atoms with van der Waals surface area (Å²) in [7, 11) is 0. The van der Waals surface area contributed by atoms with Crippen molar-refractivity contribution in [2.45, 2.75) is 38.5 Å². The highest BCUT2D eigenvalue weighted by atomic mass is 32.2. The second-order valence-corrected chi connectivity index (χ2v) is 4.91. The lowest BCUT2D eigenvalue weighted by molar-refractivity contribution is -0.120. The van der Waals surface area contributed by atoms with E-state index < -0.39 is 0 Å². The number of hydrogen-bond acceptors (Lipinski definition) is 3. The van der Waals surface area contributed by atoms with Crippen LogP contribution in [0.5, 0.6) is 0 Å². The molecule has 1 heterocycles. The molecule has 0 aromatic rings. The van der Waals surface area contributed by atoms with E-state index >= 15 is 0 Å². The molecule has 1 atom stereocenters. The van der Waals surface area contributed by atoms with E-state index in [1.807, 2.05) is 6.92 Å². The van der Waals surface area contributed by atoms with Gasteiger partial charge in [0.15, 0.2) is 0 Å². The van der Waals surface area contributed by atoms with Crippen LogP contribution in [0.4, 0.5) is 0 Å². The van der Waals surface area contributed by atoms with Gasteiger partial charge < -0.3 is 5.32 Å². The number of hydrogen-bond donors (Lipinski definition) is 1. The molecule has 1 amide bonds. The van der Waals surface area contributed by atoms with Crippen LogP contribution < -0.4 is 5.32 Å². The number of rotatable bonds is 4. The molecule has 1 aliphatic rings. The zero-order valence-corrected chi connectivity index (χ0v) is 9.15. The molecule has 74 valence electrons. The maximum atomic E-state index is 11.2. The quantitative estimate of drug-likeness (QED) is 0.746. The average molecular weight is 200 g/mol. The van der Waals surface area contributed by atoms with Gasteiger partial charge in [-0.1, -0.05) is 20.8 Å². The summed E-state index contributed by atoms with van der Waals surface area (Å²) < 4.78 is 0. The first kappa shape index (κ1) is 10.6. The van der Waals surface area contributed by atoms with Crippen molar-refractivity contribution >= 4 is 23.5 Å². The summed E-state index contributed by atoms with van der Waals surface area (Å²) in [5, 5.41) is 3.38. The highest BCUT2D eigenvalue weighted by Crippen LogP contribution is 2.12. The smallest absolute Gasteiger partial charge is 0.250 e. The largest absolute Gasteiger partial charge is 0.312 e. The van der Waals surface area contributed by atoms with E-state index in [1.54, 1.807) is 11.8 Å². The molecule has 1 aliphatic heterocycles. The molecule has 0 aliphatic carbocycles. The van der Waals surface area contributed by atoms with Crippen LogP contribution in [0, 0.1) is 0 Å². The Balaban J connectivity index is 2.40. The molecule has 1 rings (SSSR count). The summed E-state index contributed by atoms with van der Waals surface area (Å²) in [6.45, 7) is 6.25. The van der Waals surface area contributed by atoms with Crippen LogP contribution in [0.1, 0.15) is 27.2 Å². The topological polar surface area (TPSA) is 41.5 Å². The highest BCUT2D eigenvalue weighted by Gasteiger charge is 2.23. The van der Waals surface area contributed by atoms with E-state index in [9.17, 15) is 4.79 Å². The predicted molar refractivity (Wildman–Crippen MR) is 57.3 cm³/mol. The lowest BCUT2D eigenvalue weighted by atomic mass is 10.2. The molecule has 0 aromatic carbocycles. The monoisotopic (exact) mass is 200 g/mol. The number of thioether (sulfide) groups is 1. The minimum atomic E-state index is -0.136. The van der Waals surface area contributed by atoms with E-state index in [0.717, 1.165) is 18.0 Å². The fourth-order valence-electron chi connectivity index (χ4n) is 1.10. The molecule has 0 saturated carbocycles. The van der Waals surface area contributed by atoms with Crippen LogP contribution in [-0.2, 0) is 4.79 Å². The Hall–Kier alpha value is -0.510. The van der Waals surface area contributed by atoms with Gasteiger partial charge in [-0.25, -0.2) is 0 Å². The fraction of sp³-hybridized carbons (Fsp3) is 0.778. The van der Waals surface area contributed by atoms with Crippen molar-refractivity contribution in [3.05, 3.63) is 0 Å². The number of nitrogens with zero attached hydrogens (tertiary/aromatic N) is 1. The van der Waals surface area contributed by atoms with E-state index in [2.05, 4.69) is 24.2 Å². The molecule has 4 heteroatoms. The van der Waals surface area contributed by atoms with Gasteiger partial charge in [0.2, 0.25) is 5.91 Å². The molecule has 1 unspecified atom stereocenters. The first-order valence-corrected chi connectivity index (χ1v) is 5.67. The standard InChI is InChI=1S/C9H16N2OS/c1-4-7-9(12)11-8(10-7)5-13-6(2)3/h6-7H,4-5H2,1-3H3,(H,10,11,12). The Bertz CT molecular complexity index is 226. The van der Waals surface area contributed by atoms with Crippen LogP contribution in [-0.4, -0.2) is 28.8 Å². The van der Waals surface area contributed by atoms with Crippen LogP contribution in [0.2, 0.25) is 0 Å². The van der Waals surface area contributed by atoms with Crippen molar-refractivity contribution in [3.63, 3.8) is 0 Å². The number of amides is 1. The Labute approximate surface area is 83.4 Å². The lowest BCUT2D eigenvalue weighted by Gasteiger charge is -2.03. The molecular weight excluding hydrogens is 184 g/mol. The van der Waals surface area contributed by atoms with Crippen molar-refractivity contribution in [1.29, 1.82) is 0 Å². The van der Waals surface area contributed by atoms with E-state index in [0.29, 0.717) is 5.25 Å². The molecule has 0 radical (unpaired) electrons. The number of carbonyl (C=O) groups excluding carboxylic acids is 1. The molecule has 0 aromatic heterocycles. The Morgan fingerprint density at radius 2 is 2.31 bits per heavy atom. The lowest BCUT2D eigenvalue weighted by Crippen LogP contribution is -2.29. The second kappa shape index (κ2) is 4.65. The summed E-state index contributed by atoms with van der Waals surface area (Å²) in [6, 6.07) is -0.136. The van der Waals surface area contributed by atoms with Gasteiger partial charge >= 0.3 is 0 Å². The number of nitrogens with one attached hydrogen (secondary N) is 1. The van der Waals surface area contributed by atoms with Gasteiger partial charge in [-0.2, -0.15) is 11.8 Å². The van der Waals surface area contributed by atoms with Gasteiger partial charge in [-0.05, 0) is 11.7 Å². The zero-order valence-electron chi connectivity index (χ0n) is 8.33. The van der Waals surface area contributed by atoms with Crippen molar-refractivity contribution in [2.24, 2.45) is 4.99 Å². The number of amidine groups is 1. The highest BCUT2D eigenvalue weighted by molar-refractivity contribution is 8.00. The first-order valence-electron chi connectivity index (χ1n) is 4.62. The molecule has 0 fully saturated rings. The van der Waals surface area contributed by atoms with E-state index in [4.69, 9.17) is 0 Å². The molecular formula is C9H16N2OS. The summed E-state index contributed by atoms with van der Waals surface area (Å²) in [6.07, 6.45) is 0.793. The van der Waals surface area contributed by atoms with Crippen molar-refractivity contribution in [1.82, 2.24) is 5.32 Å². The summed E-state index contributed by atoms with van der Waals surface area (Å²) >= 11 is 1.80. The zero-order chi connectivity index (χ0) is 9.84. The molecule has 0 spiro atoms. The fourth-order valence-corrected chi connectivity index (χ4v) is 1.74. The average Bonchev–Trinajstić information content (AvgIpc) is 2.43. The minimum absolute atomic E-state index is 0.0573. The summed E-state index contributed by atoms with van der Waals surface area (Å²) in [4.78, 5) is 15.5. The van der Waals surface area contributed by atoms with E-state index in [-0.39, 0.29) is 11.9 Å². The SMILES string of the molecule is CCC1N=C(CSC(C)C)NC1=O. The number of aliphatic imine (C=N–C) groups is 1. The van der Waals surface area contributed by atoms with Gasteiger partial charge in [0.1, 0.15) is 11.9 Å². The maximum Gasteiger partial charge on any atom is 0.250 e. The van der Waals surface area contributed by atoms with Gasteiger partial charge in [0.05, 0.1) is 5.75 Å². The van der Waals surface area contributed by atoms with Crippen LogP contribution >= 0.6 is 11.8 Å². The second-order valence-electron chi connectivity index (χ2n) is 3.35. The number of carbonyl (C=O) groups is 1. The van der Waals surface area contributed by atoms with Gasteiger partial charge in [-0.15, -0.1) is 0 Å². The molecule has 1 N–H and O–H groups in total. The normalized spacial score (nSPS) is 22.0. The van der Waals surface area contributed by atoms with Crippen molar-refractivity contribution < 1.29 is 4.79 Å². The van der Waals surface area contributed by atoms with Crippen molar-refractivity contribution in [3.8, 4) is 0 Å². The summed E-state index contributed by atoms with van der Waals surface area (Å²) in [5.74, 6) is 1.72. The Kier molecular flexibility index (Phi) is 3.78. The maximum absolute atomic E-state index is 11.2. The first-order chi connectivity index (χ1) is 6.13. The third-order valence-corrected chi connectivity index (χ3v) is 2.93. The summed E-state index contributed by atoms with van der Waals surface area (Å²) in [5.41, 5.74) is 0. The van der Waals surface area contributed by atoms with Crippen LogP contribution in [0.25, 0.3) is 0 Å². The Morgan fingerprint density at radius 3 is 2.77 bits per heavy atom. The molecule has 0 bridgehead atoms. The van der Waals surface area contributed by atoms with E-state index in [1.165, 1.54) is 0 Å². The third-order valence-electron chi connectivity index (χ3n) is 1.82. The predicted octanol–water partition coefficient (Wildman–Crippen LogP) is 1.43. The Morgan fingerprint density at radius 1 is 1.62 bits per heavy atom. The molecule has 3 nitrogen and oxygen atoms in total. The van der Waals surface area contributed by atoms with Crippen LogP contribution in [0.3, 0.4) is 0 Å². The minimum Gasteiger partial charge on any atom is -0.312 e. The van der Waals surface area contributed by atoms with Crippen molar-refractivity contribution in [2.75, 3.05) is 5.75 Å². The molecule has 0 saturated heterocycles.